The van der Waals surface area contributed by atoms with Gasteiger partial charge in [-0.1, -0.05) is 0 Å². The number of rotatable bonds is 6. The number of imide groups is 1. The predicted octanol–water partition coefficient (Wildman–Crippen LogP) is 0.0121. The summed E-state index contributed by atoms with van der Waals surface area (Å²) in [4.78, 5) is 41.6. The molecule has 2 aliphatic heterocycles. The summed E-state index contributed by atoms with van der Waals surface area (Å²) in [7, 11) is 0. The number of amides is 4. The zero-order valence-corrected chi connectivity index (χ0v) is 15.5. The van der Waals surface area contributed by atoms with Gasteiger partial charge < -0.3 is 15.3 Å². The average Bonchev–Trinajstić information content (AvgIpc) is 2.77. The van der Waals surface area contributed by atoms with E-state index in [0.717, 1.165) is 19.5 Å². The number of nitrogens with zero attached hydrogens (tertiary/aromatic N) is 3. The molecule has 0 aromatic rings. The summed E-state index contributed by atoms with van der Waals surface area (Å²) < 4.78 is 0. The maximum Gasteiger partial charge on any atom is 0.325 e. The standard InChI is InChI=1S/C17H30N4O4/c1-13(12-22)19-7-5-8-20(11-10-19)14(23)6-4-9-21-15(24)17(2,3)18-16(21)25/h13,22H,4-12H2,1-3H3,(H,18,25). The summed E-state index contributed by atoms with van der Waals surface area (Å²) >= 11 is 0. The van der Waals surface area contributed by atoms with E-state index in [1.807, 2.05) is 11.8 Å². The van der Waals surface area contributed by atoms with E-state index in [0.29, 0.717) is 25.9 Å². The Kier molecular flexibility index (Phi) is 6.40. The van der Waals surface area contributed by atoms with Crippen molar-refractivity contribution in [3.63, 3.8) is 0 Å². The monoisotopic (exact) mass is 354 g/mol. The number of carbonyl (C=O) groups excluding carboxylic acids is 3. The molecule has 0 bridgehead atoms. The lowest BCUT2D eigenvalue weighted by Gasteiger charge is -2.26. The Morgan fingerprint density at radius 2 is 1.96 bits per heavy atom. The lowest BCUT2D eigenvalue weighted by molar-refractivity contribution is -0.133. The molecule has 0 aromatic heterocycles. The molecule has 0 aromatic carbocycles. The Morgan fingerprint density at radius 1 is 1.24 bits per heavy atom. The molecule has 2 saturated heterocycles. The molecule has 2 heterocycles. The van der Waals surface area contributed by atoms with Crippen LogP contribution in [-0.4, -0.2) is 88.6 Å². The van der Waals surface area contributed by atoms with Crippen LogP contribution in [0.15, 0.2) is 0 Å². The van der Waals surface area contributed by atoms with Crippen molar-refractivity contribution in [2.24, 2.45) is 0 Å². The second-order valence-corrected chi connectivity index (χ2v) is 7.42. The zero-order chi connectivity index (χ0) is 18.6. The van der Waals surface area contributed by atoms with Gasteiger partial charge in [0.2, 0.25) is 5.91 Å². The Morgan fingerprint density at radius 3 is 2.56 bits per heavy atom. The van der Waals surface area contributed by atoms with Gasteiger partial charge in [0, 0.05) is 45.2 Å². The van der Waals surface area contributed by atoms with E-state index in [9.17, 15) is 19.5 Å². The third kappa shape index (κ3) is 4.70. The summed E-state index contributed by atoms with van der Waals surface area (Å²) in [5.41, 5.74) is -0.862. The molecule has 0 spiro atoms. The molecule has 2 aliphatic rings. The lowest BCUT2D eigenvalue weighted by Crippen LogP contribution is -2.40. The quantitative estimate of drug-likeness (QED) is 0.656. The second kappa shape index (κ2) is 8.14. The van der Waals surface area contributed by atoms with Crippen molar-refractivity contribution in [2.75, 3.05) is 39.3 Å². The molecule has 25 heavy (non-hydrogen) atoms. The first-order chi connectivity index (χ1) is 11.8. The molecule has 8 heteroatoms. The van der Waals surface area contributed by atoms with E-state index in [2.05, 4.69) is 10.2 Å². The van der Waals surface area contributed by atoms with Crippen molar-refractivity contribution in [1.29, 1.82) is 0 Å². The predicted molar refractivity (Wildman–Crippen MR) is 92.9 cm³/mol. The first kappa shape index (κ1) is 19.7. The van der Waals surface area contributed by atoms with Gasteiger partial charge in [0.1, 0.15) is 5.54 Å². The molecule has 0 radical (unpaired) electrons. The molecular formula is C17H30N4O4. The molecule has 1 unspecified atom stereocenters. The highest BCUT2D eigenvalue weighted by atomic mass is 16.3. The smallest absolute Gasteiger partial charge is 0.325 e. The van der Waals surface area contributed by atoms with Crippen LogP contribution in [0.3, 0.4) is 0 Å². The zero-order valence-electron chi connectivity index (χ0n) is 15.5. The van der Waals surface area contributed by atoms with Gasteiger partial charge in [0.05, 0.1) is 6.61 Å². The topological polar surface area (TPSA) is 93.2 Å². The minimum absolute atomic E-state index is 0.0600. The van der Waals surface area contributed by atoms with Crippen LogP contribution in [0, 0.1) is 0 Å². The summed E-state index contributed by atoms with van der Waals surface area (Å²) in [6, 6.07) is -0.274. The number of nitrogens with one attached hydrogen (secondary N) is 1. The lowest BCUT2D eigenvalue weighted by atomic mass is 10.1. The highest BCUT2D eigenvalue weighted by molar-refractivity contribution is 6.06. The van der Waals surface area contributed by atoms with E-state index in [1.165, 1.54) is 4.90 Å². The first-order valence-electron chi connectivity index (χ1n) is 9.03. The number of hydrogen-bond acceptors (Lipinski definition) is 5. The molecule has 1 atom stereocenters. The summed E-state index contributed by atoms with van der Waals surface area (Å²) in [5, 5.41) is 11.9. The summed E-state index contributed by atoms with van der Waals surface area (Å²) in [6.45, 7) is 8.72. The fraction of sp³-hybridized carbons (Fsp3) is 0.824. The van der Waals surface area contributed by atoms with Crippen molar-refractivity contribution >= 4 is 17.8 Å². The molecular weight excluding hydrogens is 324 g/mol. The largest absolute Gasteiger partial charge is 0.395 e. The molecule has 4 amide bonds. The van der Waals surface area contributed by atoms with Crippen LogP contribution in [0.5, 0.6) is 0 Å². The minimum atomic E-state index is -0.862. The molecule has 2 N–H and O–H groups in total. The Bertz CT molecular complexity index is 523. The number of aliphatic hydroxyl groups excluding tert-OH is 1. The molecule has 2 fully saturated rings. The van der Waals surface area contributed by atoms with Gasteiger partial charge in [-0.2, -0.15) is 0 Å². The van der Waals surface area contributed by atoms with Crippen LogP contribution in [0.25, 0.3) is 0 Å². The van der Waals surface area contributed by atoms with E-state index < -0.39 is 5.54 Å². The van der Waals surface area contributed by atoms with Crippen LogP contribution in [0.2, 0.25) is 0 Å². The number of hydrogen-bond donors (Lipinski definition) is 2. The number of carbonyl (C=O) groups is 3. The van der Waals surface area contributed by atoms with E-state index in [1.54, 1.807) is 13.8 Å². The van der Waals surface area contributed by atoms with Crippen LogP contribution in [0.4, 0.5) is 4.79 Å². The molecule has 8 nitrogen and oxygen atoms in total. The van der Waals surface area contributed by atoms with Crippen LogP contribution >= 0.6 is 0 Å². The average molecular weight is 354 g/mol. The van der Waals surface area contributed by atoms with Crippen molar-refractivity contribution in [1.82, 2.24) is 20.0 Å². The minimum Gasteiger partial charge on any atom is -0.395 e. The van der Waals surface area contributed by atoms with E-state index in [4.69, 9.17) is 0 Å². The fourth-order valence-corrected chi connectivity index (χ4v) is 3.31. The SMILES string of the molecule is CC(CO)N1CCCN(C(=O)CCCN2C(=O)NC(C)(C)C2=O)CC1. The third-order valence-corrected chi connectivity index (χ3v) is 4.99. The first-order valence-corrected chi connectivity index (χ1v) is 9.03. The van der Waals surface area contributed by atoms with Crippen LogP contribution < -0.4 is 5.32 Å². The summed E-state index contributed by atoms with van der Waals surface area (Å²) in [6.07, 6.45) is 1.69. The highest BCUT2D eigenvalue weighted by Gasteiger charge is 2.43. The number of aliphatic hydroxyl groups is 1. The summed E-state index contributed by atoms with van der Waals surface area (Å²) in [5.74, 6) is -0.182. The highest BCUT2D eigenvalue weighted by Crippen LogP contribution is 2.17. The Hall–Kier alpha value is -1.67. The molecule has 2 rings (SSSR count). The maximum absolute atomic E-state index is 12.4. The van der Waals surface area contributed by atoms with Crippen molar-refractivity contribution in [2.45, 2.75) is 51.6 Å². The van der Waals surface area contributed by atoms with Crippen molar-refractivity contribution in [3.05, 3.63) is 0 Å². The Balaban J connectivity index is 1.77. The van der Waals surface area contributed by atoms with Gasteiger partial charge in [-0.15, -0.1) is 0 Å². The van der Waals surface area contributed by atoms with Gasteiger partial charge in [-0.25, -0.2) is 4.79 Å². The molecule has 142 valence electrons. The van der Waals surface area contributed by atoms with E-state index >= 15 is 0 Å². The Labute approximate surface area is 149 Å². The maximum atomic E-state index is 12.4. The van der Waals surface area contributed by atoms with E-state index in [-0.39, 0.29) is 37.0 Å². The van der Waals surface area contributed by atoms with Crippen molar-refractivity contribution in [3.8, 4) is 0 Å². The van der Waals surface area contributed by atoms with Gasteiger partial charge in [-0.3, -0.25) is 19.4 Å². The fourth-order valence-electron chi connectivity index (χ4n) is 3.31. The molecule has 0 aliphatic carbocycles. The van der Waals surface area contributed by atoms with Gasteiger partial charge >= 0.3 is 6.03 Å². The molecule has 0 saturated carbocycles. The second-order valence-electron chi connectivity index (χ2n) is 7.42. The van der Waals surface area contributed by atoms with Gasteiger partial charge in [-0.05, 0) is 33.6 Å². The van der Waals surface area contributed by atoms with Crippen LogP contribution in [-0.2, 0) is 9.59 Å². The normalized spacial score (nSPS) is 22.7. The van der Waals surface area contributed by atoms with Gasteiger partial charge in [0.25, 0.3) is 5.91 Å². The van der Waals surface area contributed by atoms with Crippen LogP contribution in [0.1, 0.15) is 40.0 Å². The van der Waals surface area contributed by atoms with Crippen molar-refractivity contribution < 1.29 is 19.5 Å². The number of urea groups is 1. The van der Waals surface area contributed by atoms with Gasteiger partial charge in [0.15, 0.2) is 0 Å². The third-order valence-electron chi connectivity index (χ3n) is 4.99.